The number of esters is 1. The highest BCUT2D eigenvalue weighted by atomic mass is 32.1. The Morgan fingerprint density at radius 3 is 2.10 bits per heavy atom. The van der Waals surface area contributed by atoms with E-state index in [1.807, 2.05) is 17.4 Å². The first-order valence-corrected chi connectivity index (χ1v) is 13.1. The number of rotatable bonds is 7. The molecule has 2 saturated carbocycles. The zero-order chi connectivity index (χ0) is 20.2. The van der Waals surface area contributed by atoms with Gasteiger partial charge < -0.3 is 9.47 Å². The zero-order valence-electron chi connectivity index (χ0n) is 17.8. The molecule has 0 unspecified atom stereocenters. The highest BCUT2D eigenvalue weighted by Gasteiger charge is 2.32. The van der Waals surface area contributed by atoms with Crippen LogP contribution in [0.4, 0.5) is 0 Å². The second kappa shape index (κ2) is 9.93. The van der Waals surface area contributed by atoms with Gasteiger partial charge in [0.2, 0.25) is 0 Å². The van der Waals surface area contributed by atoms with Crippen LogP contribution in [0.1, 0.15) is 86.2 Å². The first-order valence-electron chi connectivity index (χ1n) is 11.5. The summed E-state index contributed by atoms with van der Waals surface area (Å²) in [7, 11) is 0. The summed E-state index contributed by atoms with van der Waals surface area (Å²) < 4.78 is 14.2. The minimum absolute atomic E-state index is 0.106. The normalized spacial score (nSPS) is 27.9. The number of aryl methyl sites for hydroxylation is 1. The van der Waals surface area contributed by atoms with Crippen LogP contribution >= 0.6 is 22.7 Å². The van der Waals surface area contributed by atoms with Gasteiger partial charge in [-0.1, -0.05) is 13.3 Å². The summed E-state index contributed by atoms with van der Waals surface area (Å²) in [5, 5.41) is 0. The highest BCUT2D eigenvalue weighted by Crippen LogP contribution is 2.40. The Labute approximate surface area is 182 Å². The molecule has 2 aliphatic carbocycles. The van der Waals surface area contributed by atoms with E-state index in [1.54, 1.807) is 11.3 Å². The van der Waals surface area contributed by atoms with E-state index in [9.17, 15) is 4.79 Å². The van der Waals surface area contributed by atoms with E-state index in [-0.39, 0.29) is 12.1 Å². The SMILES string of the molecule is CCCc1cc2sc(C(=O)OC3CCC(C4CCC(OCC)CC4)CC3)cc2s1. The Morgan fingerprint density at radius 1 is 0.897 bits per heavy atom. The first-order chi connectivity index (χ1) is 14.2. The summed E-state index contributed by atoms with van der Waals surface area (Å²) >= 11 is 3.41. The van der Waals surface area contributed by atoms with Gasteiger partial charge in [-0.25, -0.2) is 4.79 Å². The molecule has 0 spiro atoms. The fourth-order valence-electron chi connectivity index (χ4n) is 5.21. The minimum Gasteiger partial charge on any atom is -0.458 e. The van der Waals surface area contributed by atoms with E-state index >= 15 is 0 Å². The molecule has 0 atom stereocenters. The van der Waals surface area contributed by atoms with Crippen molar-refractivity contribution in [2.45, 2.75) is 90.3 Å². The largest absolute Gasteiger partial charge is 0.458 e. The molecule has 0 bridgehead atoms. The number of ether oxygens (including phenoxy) is 2. The van der Waals surface area contributed by atoms with Crippen LogP contribution in [0, 0.1) is 11.8 Å². The Hall–Kier alpha value is -0.910. The average molecular weight is 435 g/mol. The molecule has 2 aromatic heterocycles. The highest BCUT2D eigenvalue weighted by molar-refractivity contribution is 7.28. The second-order valence-corrected chi connectivity index (χ2v) is 11.0. The summed E-state index contributed by atoms with van der Waals surface area (Å²) in [6.45, 7) is 5.14. The van der Waals surface area contributed by atoms with Crippen LogP contribution in [0.25, 0.3) is 9.40 Å². The molecule has 0 aliphatic heterocycles. The molecular weight excluding hydrogens is 400 g/mol. The Kier molecular flexibility index (Phi) is 7.30. The molecule has 29 heavy (non-hydrogen) atoms. The number of carbonyl (C=O) groups is 1. The van der Waals surface area contributed by atoms with E-state index in [1.165, 1.54) is 59.2 Å². The topological polar surface area (TPSA) is 35.5 Å². The second-order valence-electron chi connectivity index (χ2n) is 8.74. The number of thiophene rings is 2. The van der Waals surface area contributed by atoms with Crippen LogP contribution < -0.4 is 0 Å². The first kappa shape index (κ1) is 21.3. The third kappa shape index (κ3) is 5.23. The number of hydrogen-bond acceptors (Lipinski definition) is 5. The van der Waals surface area contributed by atoms with Crippen LogP contribution in [0.15, 0.2) is 12.1 Å². The van der Waals surface area contributed by atoms with Gasteiger partial charge in [-0.15, -0.1) is 22.7 Å². The van der Waals surface area contributed by atoms with Gasteiger partial charge in [-0.2, -0.15) is 0 Å². The molecular formula is C24H34O3S2. The van der Waals surface area contributed by atoms with Crippen molar-refractivity contribution in [3.8, 4) is 0 Å². The van der Waals surface area contributed by atoms with Crippen LogP contribution in [0.2, 0.25) is 0 Å². The van der Waals surface area contributed by atoms with Crippen LogP contribution in [0.5, 0.6) is 0 Å². The summed E-state index contributed by atoms with van der Waals surface area (Å²) in [4.78, 5) is 14.8. The quantitative estimate of drug-likeness (QED) is 0.431. The lowest BCUT2D eigenvalue weighted by atomic mass is 9.72. The van der Waals surface area contributed by atoms with Crippen molar-refractivity contribution in [3.05, 3.63) is 21.9 Å². The maximum Gasteiger partial charge on any atom is 0.348 e. The Bertz CT molecular complexity index is 761. The minimum atomic E-state index is -0.115. The van der Waals surface area contributed by atoms with Crippen molar-refractivity contribution >= 4 is 38.0 Å². The van der Waals surface area contributed by atoms with Gasteiger partial charge >= 0.3 is 5.97 Å². The average Bonchev–Trinajstić information content (AvgIpc) is 3.29. The molecule has 2 aliphatic rings. The lowest BCUT2D eigenvalue weighted by Crippen LogP contribution is -2.31. The predicted molar refractivity (Wildman–Crippen MR) is 122 cm³/mol. The van der Waals surface area contributed by atoms with E-state index < -0.39 is 0 Å². The van der Waals surface area contributed by atoms with Gasteiger partial charge in [0.15, 0.2) is 0 Å². The molecule has 2 heterocycles. The molecule has 0 aromatic carbocycles. The molecule has 2 aromatic rings. The number of fused-ring (bicyclic) bond motifs is 1. The zero-order valence-corrected chi connectivity index (χ0v) is 19.4. The molecule has 4 rings (SSSR count). The molecule has 2 fully saturated rings. The smallest absolute Gasteiger partial charge is 0.348 e. The molecule has 0 amide bonds. The summed E-state index contributed by atoms with van der Waals surface area (Å²) in [5.41, 5.74) is 0. The summed E-state index contributed by atoms with van der Waals surface area (Å²) in [5.74, 6) is 1.55. The van der Waals surface area contributed by atoms with Crippen molar-refractivity contribution in [1.82, 2.24) is 0 Å². The lowest BCUT2D eigenvalue weighted by molar-refractivity contribution is -0.00172. The van der Waals surface area contributed by atoms with Gasteiger partial charge in [0.25, 0.3) is 0 Å². The molecule has 0 N–H and O–H groups in total. The van der Waals surface area contributed by atoms with Crippen molar-refractivity contribution in [2.75, 3.05) is 6.61 Å². The number of hydrogen-bond donors (Lipinski definition) is 0. The molecule has 0 radical (unpaired) electrons. The Balaban J connectivity index is 1.24. The van der Waals surface area contributed by atoms with Gasteiger partial charge in [0, 0.05) is 20.9 Å². The monoisotopic (exact) mass is 434 g/mol. The summed E-state index contributed by atoms with van der Waals surface area (Å²) in [6, 6.07) is 4.28. The van der Waals surface area contributed by atoms with Gasteiger partial charge in [-0.3, -0.25) is 0 Å². The molecule has 3 nitrogen and oxygen atoms in total. The standard InChI is InChI=1S/C24H34O3S2/c1-3-5-20-14-21-22(28-20)15-23(29-21)24(25)27-19-12-8-17(9-13-19)16-6-10-18(11-7-16)26-4-2/h14-19H,3-13H2,1-2H3. The fraction of sp³-hybridized carbons (Fsp3) is 0.708. The maximum absolute atomic E-state index is 12.7. The van der Waals surface area contributed by atoms with Crippen molar-refractivity contribution in [3.63, 3.8) is 0 Å². The third-order valence-corrected chi connectivity index (χ3v) is 9.07. The molecule has 160 valence electrons. The summed E-state index contributed by atoms with van der Waals surface area (Å²) in [6.07, 6.45) is 12.4. The van der Waals surface area contributed by atoms with Gasteiger partial charge in [0.05, 0.1) is 6.10 Å². The Morgan fingerprint density at radius 2 is 1.52 bits per heavy atom. The van der Waals surface area contributed by atoms with Crippen LogP contribution in [-0.4, -0.2) is 24.8 Å². The van der Waals surface area contributed by atoms with E-state index in [0.29, 0.717) is 6.10 Å². The van der Waals surface area contributed by atoms with Gasteiger partial charge in [-0.05, 0) is 88.7 Å². The maximum atomic E-state index is 12.7. The van der Waals surface area contributed by atoms with E-state index in [0.717, 1.165) is 42.6 Å². The molecule has 0 saturated heterocycles. The van der Waals surface area contributed by atoms with Crippen LogP contribution in [0.3, 0.4) is 0 Å². The van der Waals surface area contributed by atoms with Crippen LogP contribution in [-0.2, 0) is 15.9 Å². The van der Waals surface area contributed by atoms with E-state index in [2.05, 4.69) is 19.9 Å². The third-order valence-electron chi connectivity index (χ3n) is 6.74. The van der Waals surface area contributed by atoms with Crippen molar-refractivity contribution in [2.24, 2.45) is 11.8 Å². The lowest BCUT2D eigenvalue weighted by Gasteiger charge is -2.37. The predicted octanol–water partition coefficient (Wildman–Crippen LogP) is 7.23. The van der Waals surface area contributed by atoms with E-state index in [4.69, 9.17) is 9.47 Å². The fourth-order valence-corrected chi connectivity index (χ4v) is 7.61. The van der Waals surface area contributed by atoms with Gasteiger partial charge in [0.1, 0.15) is 11.0 Å². The van der Waals surface area contributed by atoms with Crippen molar-refractivity contribution in [1.29, 1.82) is 0 Å². The number of carbonyl (C=O) groups excluding carboxylic acids is 1. The van der Waals surface area contributed by atoms with Crippen molar-refractivity contribution < 1.29 is 14.3 Å². The molecule has 5 heteroatoms.